The van der Waals surface area contributed by atoms with Crippen LogP contribution in [-0.2, 0) is 11.3 Å². The van der Waals surface area contributed by atoms with Gasteiger partial charge in [0.25, 0.3) is 5.91 Å². The molecule has 0 unspecified atom stereocenters. The number of carbonyl (C=O) groups excluding carboxylic acids is 1. The number of pyridine rings is 2. The fourth-order valence-corrected chi connectivity index (χ4v) is 3.01. The number of hydrogen-bond donors (Lipinski definition) is 1. The topological polar surface area (TPSA) is 85.2 Å². The summed E-state index contributed by atoms with van der Waals surface area (Å²) in [6.07, 6.45) is 8.58. The summed E-state index contributed by atoms with van der Waals surface area (Å²) in [5, 5.41) is 2.93. The van der Waals surface area contributed by atoms with E-state index in [1.165, 1.54) is 0 Å². The zero-order valence-electron chi connectivity index (χ0n) is 14.8. The molecule has 1 aliphatic heterocycles. The standard InChI is InChI=1S/C19H20N6O2/c26-19(17-12-16(3-5-21-17)24-8-10-27-11-9-24)23-13-15-2-1-4-22-18(15)25-7-6-20-14-25/h1-7,12,14H,8-11,13H2,(H,23,26). The largest absolute Gasteiger partial charge is 0.378 e. The minimum Gasteiger partial charge on any atom is -0.378 e. The third-order valence-electron chi connectivity index (χ3n) is 4.41. The van der Waals surface area contributed by atoms with Crippen LogP contribution in [-0.4, -0.2) is 51.7 Å². The van der Waals surface area contributed by atoms with Crippen LogP contribution in [0.5, 0.6) is 0 Å². The van der Waals surface area contributed by atoms with Crippen LogP contribution in [0.1, 0.15) is 16.1 Å². The van der Waals surface area contributed by atoms with Gasteiger partial charge in [0.15, 0.2) is 0 Å². The molecule has 3 aromatic heterocycles. The van der Waals surface area contributed by atoms with Gasteiger partial charge in [-0.25, -0.2) is 9.97 Å². The maximum absolute atomic E-state index is 12.6. The van der Waals surface area contributed by atoms with Crippen LogP contribution < -0.4 is 10.2 Å². The molecule has 0 radical (unpaired) electrons. The number of morpholine rings is 1. The monoisotopic (exact) mass is 364 g/mol. The molecule has 1 amide bonds. The summed E-state index contributed by atoms with van der Waals surface area (Å²) in [6, 6.07) is 7.51. The third kappa shape index (κ3) is 3.95. The van der Waals surface area contributed by atoms with Crippen molar-refractivity contribution in [2.75, 3.05) is 31.2 Å². The summed E-state index contributed by atoms with van der Waals surface area (Å²) >= 11 is 0. The van der Waals surface area contributed by atoms with Gasteiger partial charge in [-0.05, 0) is 18.2 Å². The first-order valence-corrected chi connectivity index (χ1v) is 8.80. The van der Waals surface area contributed by atoms with Gasteiger partial charge >= 0.3 is 0 Å². The van der Waals surface area contributed by atoms with Gasteiger partial charge in [0.05, 0.1) is 13.2 Å². The first-order valence-electron chi connectivity index (χ1n) is 8.80. The van der Waals surface area contributed by atoms with E-state index >= 15 is 0 Å². The Bertz CT molecular complexity index is 906. The van der Waals surface area contributed by atoms with Crippen LogP contribution >= 0.6 is 0 Å². The molecule has 1 fully saturated rings. The molecular formula is C19H20N6O2. The fourth-order valence-electron chi connectivity index (χ4n) is 3.01. The SMILES string of the molecule is O=C(NCc1cccnc1-n1ccnc1)c1cc(N2CCOCC2)ccn1. The van der Waals surface area contributed by atoms with Crippen LogP contribution in [0.2, 0.25) is 0 Å². The number of nitrogens with one attached hydrogen (secondary N) is 1. The Labute approximate surface area is 156 Å². The van der Waals surface area contributed by atoms with Crippen molar-refractivity contribution in [1.82, 2.24) is 24.8 Å². The predicted octanol–water partition coefficient (Wildman–Crippen LogP) is 1.43. The molecule has 4 rings (SSSR count). The second-order valence-electron chi connectivity index (χ2n) is 6.14. The minimum absolute atomic E-state index is 0.217. The molecule has 1 aliphatic rings. The number of rotatable bonds is 5. The predicted molar refractivity (Wildman–Crippen MR) is 99.8 cm³/mol. The normalized spacial score (nSPS) is 14.1. The molecule has 3 aromatic rings. The van der Waals surface area contributed by atoms with Crippen molar-refractivity contribution in [3.63, 3.8) is 0 Å². The van der Waals surface area contributed by atoms with E-state index in [1.54, 1.807) is 24.9 Å². The van der Waals surface area contributed by atoms with Crippen LogP contribution in [0.25, 0.3) is 5.82 Å². The van der Waals surface area contributed by atoms with E-state index in [9.17, 15) is 4.79 Å². The molecule has 8 nitrogen and oxygen atoms in total. The van der Waals surface area contributed by atoms with Gasteiger partial charge in [0.2, 0.25) is 0 Å². The molecule has 8 heteroatoms. The molecule has 1 N–H and O–H groups in total. The quantitative estimate of drug-likeness (QED) is 0.737. The number of carbonyl (C=O) groups is 1. The van der Waals surface area contributed by atoms with Crippen molar-refractivity contribution in [2.45, 2.75) is 6.54 Å². The Morgan fingerprint density at radius 1 is 1.15 bits per heavy atom. The van der Waals surface area contributed by atoms with E-state index < -0.39 is 0 Å². The number of anilines is 1. The van der Waals surface area contributed by atoms with Crippen LogP contribution in [0, 0.1) is 0 Å². The molecule has 138 valence electrons. The van der Waals surface area contributed by atoms with Crippen molar-refractivity contribution >= 4 is 11.6 Å². The Kier molecular flexibility index (Phi) is 5.06. The van der Waals surface area contributed by atoms with Crippen molar-refractivity contribution in [1.29, 1.82) is 0 Å². The lowest BCUT2D eigenvalue weighted by Gasteiger charge is -2.28. The molecular weight excluding hydrogens is 344 g/mol. The summed E-state index contributed by atoms with van der Waals surface area (Å²) in [5.74, 6) is 0.524. The molecule has 0 bridgehead atoms. The molecule has 0 aliphatic carbocycles. The van der Waals surface area contributed by atoms with E-state index in [1.807, 2.05) is 35.0 Å². The van der Waals surface area contributed by atoms with Crippen molar-refractivity contribution in [3.8, 4) is 5.82 Å². The highest BCUT2D eigenvalue weighted by Crippen LogP contribution is 2.16. The maximum Gasteiger partial charge on any atom is 0.270 e. The van der Waals surface area contributed by atoms with Crippen molar-refractivity contribution in [3.05, 3.63) is 66.6 Å². The first kappa shape index (κ1) is 17.2. The number of hydrogen-bond acceptors (Lipinski definition) is 6. The van der Waals surface area contributed by atoms with Crippen LogP contribution in [0.3, 0.4) is 0 Å². The van der Waals surface area contributed by atoms with Crippen LogP contribution in [0.15, 0.2) is 55.4 Å². The minimum atomic E-state index is -0.217. The molecule has 0 saturated carbocycles. The lowest BCUT2D eigenvalue weighted by molar-refractivity contribution is 0.0946. The zero-order valence-corrected chi connectivity index (χ0v) is 14.8. The average Bonchev–Trinajstić information content (AvgIpc) is 3.28. The van der Waals surface area contributed by atoms with Gasteiger partial charge < -0.3 is 15.0 Å². The van der Waals surface area contributed by atoms with E-state index in [4.69, 9.17) is 4.74 Å². The van der Waals surface area contributed by atoms with Crippen molar-refractivity contribution < 1.29 is 9.53 Å². The molecule has 4 heterocycles. The number of nitrogens with zero attached hydrogens (tertiary/aromatic N) is 5. The zero-order chi connectivity index (χ0) is 18.5. The molecule has 27 heavy (non-hydrogen) atoms. The summed E-state index contributed by atoms with van der Waals surface area (Å²) in [7, 11) is 0. The smallest absolute Gasteiger partial charge is 0.270 e. The van der Waals surface area contributed by atoms with E-state index in [0.29, 0.717) is 25.5 Å². The molecule has 0 spiro atoms. The van der Waals surface area contributed by atoms with E-state index in [2.05, 4.69) is 25.2 Å². The first-order chi connectivity index (χ1) is 13.3. The number of amides is 1. The lowest BCUT2D eigenvalue weighted by atomic mass is 10.2. The van der Waals surface area contributed by atoms with Gasteiger partial charge in [-0.2, -0.15) is 0 Å². The number of ether oxygens (including phenoxy) is 1. The second kappa shape index (κ2) is 7.96. The Hall–Kier alpha value is -3.26. The Morgan fingerprint density at radius 2 is 2.04 bits per heavy atom. The van der Waals surface area contributed by atoms with Gasteiger partial charge in [-0.15, -0.1) is 0 Å². The summed E-state index contributed by atoms with van der Waals surface area (Å²) in [5.41, 5.74) is 2.28. The Morgan fingerprint density at radius 3 is 2.85 bits per heavy atom. The van der Waals surface area contributed by atoms with Gasteiger partial charge in [0.1, 0.15) is 17.8 Å². The van der Waals surface area contributed by atoms with Gasteiger partial charge in [-0.3, -0.25) is 14.3 Å². The maximum atomic E-state index is 12.6. The third-order valence-corrected chi connectivity index (χ3v) is 4.41. The van der Waals surface area contributed by atoms with Crippen LogP contribution in [0.4, 0.5) is 5.69 Å². The van der Waals surface area contributed by atoms with E-state index in [-0.39, 0.29) is 5.91 Å². The van der Waals surface area contributed by atoms with Crippen molar-refractivity contribution in [2.24, 2.45) is 0 Å². The molecule has 0 aromatic carbocycles. The second-order valence-corrected chi connectivity index (χ2v) is 6.14. The lowest BCUT2D eigenvalue weighted by Crippen LogP contribution is -2.36. The van der Waals surface area contributed by atoms with E-state index in [0.717, 1.165) is 30.2 Å². The number of aromatic nitrogens is 4. The number of imidazole rings is 1. The fraction of sp³-hybridized carbons (Fsp3) is 0.263. The van der Waals surface area contributed by atoms with Gasteiger partial charge in [0, 0.05) is 55.7 Å². The summed E-state index contributed by atoms with van der Waals surface area (Å²) in [4.78, 5) is 27.4. The highest BCUT2D eigenvalue weighted by Gasteiger charge is 2.15. The highest BCUT2D eigenvalue weighted by molar-refractivity contribution is 5.93. The summed E-state index contributed by atoms with van der Waals surface area (Å²) < 4.78 is 7.20. The average molecular weight is 364 g/mol. The van der Waals surface area contributed by atoms with Gasteiger partial charge in [-0.1, -0.05) is 6.07 Å². The Balaban J connectivity index is 1.46. The molecule has 1 saturated heterocycles. The summed E-state index contributed by atoms with van der Waals surface area (Å²) in [6.45, 7) is 3.37. The molecule has 0 atom stereocenters. The highest BCUT2D eigenvalue weighted by atomic mass is 16.5.